The number of benzene rings is 2. The Morgan fingerprint density at radius 1 is 1.18 bits per heavy atom. The Balaban J connectivity index is 1.53. The maximum Gasteiger partial charge on any atom is 0.251 e. The second-order valence-corrected chi connectivity index (χ2v) is 6.68. The molecule has 1 aliphatic heterocycles. The number of aliphatic hydroxyl groups is 1. The number of ether oxygens (including phenoxy) is 5. The highest BCUT2D eigenvalue weighted by Gasteiger charge is 2.17. The maximum atomic E-state index is 12.4. The zero-order valence-corrected chi connectivity index (χ0v) is 16.9. The normalized spacial score (nSPS) is 13.0. The van der Waals surface area contributed by atoms with Gasteiger partial charge in [-0.25, -0.2) is 0 Å². The van der Waals surface area contributed by atoms with Crippen LogP contribution in [0.3, 0.4) is 0 Å². The summed E-state index contributed by atoms with van der Waals surface area (Å²) in [6, 6.07) is 8.31. The van der Waals surface area contributed by atoms with Crippen LogP contribution in [0.25, 0.3) is 0 Å². The van der Waals surface area contributed by atoms with Gasteiger partial charge in [-0.3, -0.25) is 4.79 Å². The summed E-state index contributed by atoms with van der Waals surface area (Å²) >= 11 is 3.35. The van der Waals surface area contributed by atoms with E-state index in [0.717, 1.165) is 0 Å². The molecule has 0 spiro atoms. The van der Waals surface area contributed by atoms with E-state index in [1.54, 1.807) is 30.3 Å². The van der Waals surface area contributed by atoms with Gasteiger partial charge in [-0.2, -0.15) is 0 Å². The molecule has 0 saturated heterocycles. The molecule has 1 amide bonds. The van der Waals surface area contributed by atoms with E-state index in [0.29, 0.717) is 38.8 Å². The molecular formula is C19H20BrNO7. The highest BCUT2D eigenvalue weighted by Crippen LogP contribution is 2.36. The summed E-state index contributed by atoms with van der Waals surface area (Å²) in [6.45, 7) is 0.204. The van der Waals surface area contributed by atoms with Gasteiger partial charge < -0.3 is 34.1 Å². The fourth-order valence-corrected chi connectivity index (χ4v) is 3.08. The van der Waals surface area contributed by atoms with Crippen molar-refractivity contribution in [1.82, 2.24) is 5.32 Å². The third-order valence-corrected chi connectivity index (χ3v) is 4.77. The summed E-state index contributed by atoms with van der Waals surface area (Å²) in [5, 5.41) is 12.8. The predicted molar refractivity (Wildman–Crippen MR) is 104 cm³/mol. The molecule has 0 saturated carbocycles. The summed E-state index contributed by atoms with van der Waals surface area (Å²) in [5.74, 6) is 2.36. The number of methoxy groups -OCH3 is 2. The Hall–Kier alpha value is -2.65. The van der Waals surface area contributed by atoms with E-state index in [9.17, 15) is 9.90 Å². The molecule has 1 atom stereocenters. The lowest BCUT2D eigenvalue weighted by Gasteiger charge is -2.15. The zero-order chi connectivity index (χ0) is 20.1. The molecular weight excluding hydrogens is 434 g/mol. The van der Waals surface area contributed by atoms with Crippen molar-refractivity contribution in [2.45, 2.75) is 6.10 Å². The van der Waals surface area contributed by atoms with Crippen LogP contribution in [0.4, 0.5) is 0 Å². The topological polar surface area (TPSA) is 95.5 Å². The molecule has 1 heterocycles. The average molecular weight is 454 g/mol. The Bertz CT molecular complexity index is 833. The number of fused-ring (bicyclic) bond motifs is 1. The van der Waals surface area contributed by atoms with Crippen LogP contribution >= 0.6 is 15.9 Å². The molecule has 3 rings (SSSR count). The monoisotopic (exact) mass is 453 g/mol. The quantitative estimate of drug-likeness (QED) is 0.633. The number of carbonyl (C=O) groups excluding carboxylic acids is 1. The number of amides is 1. The van der Waals surface area contributed by atoms with Crippen molar-refractivity contribution < 1.29 is 33.6 Å². The standard InChI is InChI=1S/C19H20BrNO7/c1-24-16-5-11(6-17(25-2)18(16)20)19(23)21-8-12(22)9-26-13-3-4-14-15(7-13)28-10-27-14/h3-7,12,22H,8-10H2,1-2H3,(H,21,23). The van der Waals surface area contributed by atoms with Crippen molar-refractivity contribution in [1.29, 1.82) is 0 Å². The predicted octanol–water partition coefficient (Wildman–Crippen LogP) is 2.36. The third-order valence-electron chi connectivity index (χ3n) is 3.99. The summed E-state index contributed by atoms with van der Waals surface area (Å²) in [6.07, 6.45) is -0.895. The third kappa shape index (κ3) is 4.60. The largest absolute Gasteiger partial charge is 0.495 e. The number of halogens is 1. The van der Waals surface area contributed by atoms with E-state index in [1.165, 1.54) is 14.2 Å². The Kier molecular flexibility index (Phi) is 6.48. The average Bonchev–Trinajstić information content (AvgIpc) is 3.18. The van der Waals surface area contributed by atoms with Gasteiger partial charge in [-0.05, 0) is 40.2 Å². The Morgan fingerprint density at radius 2 is 1.86 bits per heavy atom. The van der Waals surface area contributed by atoms with Crippen LogP contribution in [0.15, 0.2) is 34.8 Å². The Labute approximate surface area is 170 Å². The van der Waals surface area contributed by atoms with Crippen molar-refractivity contribution in [3.05, 3.63) is 40.4 Å². The number of aliphatic hydroxyl groups excluding tert-OH is 1. The summed E-state index contributed by atoms with van der Waals surface area (Å²) < 4.78 is 27.1. The van der Waals surface area contributed by atoms with E-state index in [1.807, 2.05) is 0 Å². The number of rotatable bonds is 8. The first kappa shape index (κ1) is 20.1. The van der Waals surface area contributed by atoms with Crippen molar-refractivity contribution >= 4 is 21.8 Å². The molecule has 0 radical (unpaired) electrons. The van der Waals surface area contributed by atoms with Gasteiger partial charge in [0.2, 0.25) is 6.79 Å². The van der Waals surface area contributed by atoms with Crippen LogP contribution in [-0.2, 0) is 0 Å². The number of carbonyl (C=O) groups is 1. The fourth-order valence-electron chi connectivity index (χ4n) is 2.53. The van der Waals surface area contributed by atoms with Gasteiger partial charge in [-0.15, -0.1) is 0 Å². The molecule has 0 bridgehead atoms. The van der Waals surface area contributed by atoms with Gasteiger partial charge in [-0.1, -0.05) is 0 Å². The van der Waals surface area contributed by atoms with E-state index in [-0.39, 0.29) is 25.9 Å². The minimum absolute atomic E-state index is 0.00685. The number of nitrogens with one attached hydrogen (secondary N) is 1. The van der Waals surface area contributed by atoms with Gasteiger partial charge >= 0.3 is 0 Å². The van der Waals surface area contributed by atoms with Crippen molar-refractivity contribution in [2.24, 2.45) is 0 Å². The second-order valence-electron chi connectivity index (χ2n) is 5.88. The van der Waals surface area contributed by atoms with Crippen LogP contribution in [0.5, 0.6) is 28.7 Å². The molecule has 8 nitrogen and oxygen atoms in total. The fraction of sp³-hybridized carbons (Fsp3) is 0.316. The minimum atomic E-state index is -0.895. The van der Waals surface area contributed by atoms with Crippen molar-refractivity contribution in [3.63, 3.8) is 0 Å². The molecule has 0 aliphatic carbocycles. The molecule has 1 unspecified atom stereocenters. The molecule has 0 fully saturated rings. The molecule has 9 heteroatoms. The summed E-state index contributed by atoms with van der Waals surface area (Å²) in [7, 11) is 3.00. The minimum Gasteiger partial charge on any atom is -0.495 e. The van der Waals surface area contributed by atoms with E-state index in [2.05, 4.69) is 21.2 Å². The first-order valence-electron chi connectivity index (χ1n) is 8.42. The zero-order valence-electron chi connectivity index (χ0n) is 15.4. The first-order valence-corrected chi connectivity index (χ1v) is 9.21. The van der Waals surface area contributed by atoms with Crippen LogP contribution in [-0.4, -0.2) is 51.3 Å². The molecule has 2 aromatic carbocycles. The Morgan fingerprint density at radius 3 is 2.54 bits per heavy atom. The first-order chi connectivity index (χ1) is 13.5. The van der Waals surface area contributed by atoms with Crippen molar-refractivity contribution in [3.8, 4) is 28.7 Å². The molecule has 2 N–H and O–H groups in total. The second kappa shape index (κ2) is 9.03. The number of hydrogen-bond acceptors (Lipinski definition) is 7. The van der Waals surface area contributed by atoms with Crippen molar-refractivity contribution in [2.75, 3.05) is 34.2 Å². The number of hydrogen-bond donors (Lipinski definition) is 2. The summed E-state index contributed by atoms with van der Waals surface area (Å²) in [5.41, 5.74) is 0.348. The highest BCUT2D eigenvalue weighted by atomic mass is 79.9. The molecule has 150 valence electrons. The summed E-state index contributed by atoms with van der Waals surface area (Å²) in [4.78, 5) is 12.4. The van der Waals surface area contributed by atoms with Gasteiger partial charge in [0.25, 0.3) is 5.91 Å². The highest BCUT2D eigenvalue weighted by molar-refractivity contribution is 9.10. The van der Waals surface area contributed by atoms with Gasteiger partial charge in [0, 0.05) is 18.2 Å². The van der Waals surface area contributed by atoms with E-state index >= 15 is 0 Å². The van der Waals surface area contributed by atoms with Gasteiger partial charge in [0.05, 0.1) is 14.2 Å². The lowest BCUT2D eigenvalue weighted by atomic mass is 10.2. The lowest BCUT2D eigenvalue weighted by Crippen LogP contribution is -2.35. The van der Waals surface area contributed by atoms with Crippen LogP contribution in [0.2, 0.25) is 0 Å². The smallest absolute Gasteiger partial charge is 0.251 e. The molecule has 28 heavy (non-hydrogen) atoms. The van der Waals surface area contributed by atoms with Crippen LogP contribution in [0.1, 0.15) is 10.4 Å². The lowest BCUT2D eigenvalue weighted by molar-refractivity contribution is 0.0843. The maximum absolute atomic E-state index is 12.4. The van der Waals surface area contributed by atoms with Gasteiger partial charge in [0.1, 0.15) is 34.4 Å². The molecule has 1 aliphatic rings. The van der Waals surface area contributed by atoms with Crippen LogP contribution < -0.4 is 29.0 Å². The van der Waals surface area contributed by atoms with E-state index in [4.69, 9.17) is 23.7 Å². The molecule has 0 aromatic heterocycles. The molecule has 2 aromatic rings. The van der Waals surface area contributed by atoms with E-state index < -0.39 is 6.10 Å². The SMILES string of the molecule is COc1cc(C(=O)NCC(O)COc2ccc3c(c2)OCO3)cc(OC)c1Br. The van der Waals surface area contributed by atoms with Crippen LogP contribution in [0, 0.1) is 0 Å². The van der Waals surface area contributed by atoms with Gasteiger partial charge in [0.15, 0.2) is 11.5 Å².